The van der Waals surface area contributed by atoms with Crippen molar-refractivity contribution >= 4 is 23.2 Å². The van der Waals surface area contributed by atoms with Crippen molar-refractivity contribution in [1.82, 2.24) is 9.80 Å². The lowest BCUT2D eigenvalue weighted by molar-refractivity contribution is 0.0701. The van der Waals surface area contributed by atoms with Crippen molar-refractivity contribution in [3.8, 4) is 0 Å². The van der Waals surface area contributed by atoms with Crippen molar-refractivity contribution in [2.75, 3.05) is 33.2 Å². The Kier molecular flexibility index (Phi) is 3.98. The maximum Gasteiger partial charge on any atom is 0.345 e. The molecule has 0 aromatic carbocycles. The molecule has 1 saturated heterocycles. The van der Waals surface area contributed by atoms with Crippen molar-refractivity contribution in [3.63, 3.8) is 0 Å². The van der Waals surface area contributed by atoms with Gasteiger partial charge < -0.3 is 14.9 Å². The number of carboxylic acids is 1. The first-order chi connectivity index (χ1) is 8.58. The average Bonchev–Trinajstić information content (AvgIpc) is 2.73. The summed E-state index contributed by atoms with van der Waals surface area (Å²) in [4.78, 5) is 27.7. The van der Waals surface area contributed by atoms with E-state index in [4.69, 9.17) is 5.11 Å². The minimum absolute atomic E-state index is 0.0530. The summed E-state index contributed by atoms with van der Waals surface area (Å²) in [6.45, 7) is 3.30. The number of likely N-dealkylation sites (N-methyl/N-ethyl adjacent to an activating group) is 1. The number of hydrogen-bond donors (Lipinski definition) is 1. The first-order valence-corrected chi connectivity index (χ1v) is 6.70. The molecule has 1 aromatic heterocycles. The number of carbonyl (C=O) groups is 2. The van der Waals surface area contributed by atoms with E-state index in [-0.39, 0.29) is 10.8 Å². The maximum absolute atomic E-state index is 12.2. The smallest absolute Gasteiger partial charge is 0.345 e. The third-order valence-corrected chi connectivity index (χ3v) is 4.10. The summed E-state index contributed by atoms with van der Waals surface area (Å²) in [7, 11) is 2.04. The summed E-state index contributed by atoms with van der Waals surface area (Å²) in [5, 5.41) is 8.85. The Bertz CT molecular complexity index is 458. The van der Waals surface area contributed by atoms with Crippen molar-refractivity contribution in [2.24, 2.45) is 0 Å². The van der Waals surface area contributed by atoms with E-state index < -0.39 is 5.97 Å². The molecule has 2 heterocycles. The molecule has 1 N–H and O–H groups in total. The number of hydrogen-bond acceptors (Lipinski definition) is 4. The van der Waals surface area contributed by atoms with Gasteiger partial charge in [-0.15, -0.1) is 11.3 Å². The van der Waals surface area contributed by atoms with Crippen LogP contribution >= 0.6 is 11.3 Å². The minimum atomic E-state index is -0.977. The molecule has 1 fully saturated rings. The Morgan fingerprint density at radius 3 is 2.56 bits per heavy atom. The van der Waals surface area contributed by atoms with Crippen LogP contribution in [0.25, 0.3) is 0 Å². The van der Waals surface area contributed by atoms with Crippen LogP contribution in [0.5, 0.6) is 0 Å². The molecule has 0 saturated carbocycles. The second-order valence-electron chi connectivity index (χ2n) is 4.42. The lowest BCUT2D eigenvalue weighted by atomic mass is 10.3. The molecule has 2 rings (SSSR count). The molecule has 1 aliphatic rings. The zero-order valence-corrected chi connectivity index (χ0v) is 11.1. The Labute approximate surface area is 110 Å². The highest BCUT2D eigenvalue weighted by atomic mass is 32.1. The fourth-order valence-electron chi connectivity index (χ4n) is 1.97. The zero-order chi connectivity index (χ0) is 13.1. The van der Waals surface area contributed by atoms with Crippen LogP contribution < -0.4 is 0 Å². The van der Waals surface area contributed by atoms with E-state index in [2.05, 4.69) is 4.90 Å². The van der Waals surface area contributed by atoms with Gasteiger partial charge in [-0.3, -0.25) is 4.79 Å². The highest BCUT2D eigenvalue weighted by Crippen LogP contribution is 2.19. The molecular formula is C12H16N2O3S. The third kappa shape index (κ3) is 2.88. The number of amides is 1. The summed E-state index contributed by atoms with van der Waals surface area (Å²) >= 11 is 1.05. The van der Waals surface area contributed by atoms with E-state index in [0.717, 1.165) is 37.4 Å². The van der Waals surface area contributed by atoms with Crippen LogP contribution in [0.3, 0.4) is 0 Å². The number of aromatic carboxylic acids is 1. The van der Waals surface area contributed by atoms with Crippen molar-refractivity contribution in [3.05, 3.63) is 21.9 Å². The van der Waals surface area contributed by atoms with E-state index in [9.17, 15) is 9.59 Å². The second kappa shape index (κ2) is 5.49. The summed E-state index contributed by atoms with van der Waals surface area (Å²) in [5.74, 6) is -1.03. The SMILES string of the molecule is CN1CCCN(C(=O)c2ccc(C(=O)O)s2)CC1. The van der Waals surface area contributed by atoms with Gasteiger partial charge in [0.15, 0.2) is 0 Å². The molecule has 98 valence electrons. The zero-order valence-electron chi connectivity index (χ0n) is 10.3. The van der Waals surface area contributed by atoms with Crippen LogP contribution in [-0.2, 0) is 0 Å². The molecule has 5 nitrogen and oxygen atoms in total. The van der Waals surface area contributed by atoms with Crippen molar-refractivity contribution in [2.45, 2.75) is 6.42 Å². The van der Waals surface area contributed by atoms with Gasteiger partial charge in [-0.05, 0) is 32.1 Å². The van der Waals surface area contributed by atoms with Gasteiger partial charge in [-0.2, -0.15) is 0 Å². The standard InChI is InChI=1S/C12H16N2O3S/c1-13-5-2-6-14(8-7-13)11(15)9-3-4-10(18-9)12(16)17/h3-4H,2,5-8H2,1H3,(H,16,17). The van der Waals surface area contributed by atoms with Crippen LogP contribution in [0.1, 0.15) is 25.8 Å². The number of nitrogens with zero attached hydrogens (tertiary/aromatic N) is 2. The number of thiophene rings is 1. The predicted octanol–water partition coefficient (Wildman–Crippen LogP) is 1.22. The van der Waals surface area contributed by atoms with E-state index in [1.54, 1.807) is 11.0 Å². The van der Waals surface area contributed by atoms with E-state index in [1.165, 1.54) is 6.07 Å². The minimum Gasteiger partial charge on any atom is -0.477 e. The summed E-state index contributed by atoms with van der Waals surface area (Å²) in [5.41, 5.74) is 0. The molecule has 0 bridgehead atoms. The average molecular weight is 268 g/mol. The van der Waals surface area contributed by atoms with Gasteiger partial charge >= 0.3 is 5.97 Å². The molecule has 6 heteroatoms. The van der Waals surface area contributed by atoms with Crippen LogP contribution in [0.2, 0.25) is 0 Å². The van der Waals surface area contributed by atoms with Gasteiger partial charge in [-0.1, -0.05) is 0 Å². The van der Waals surface area contributed by atoms with E-state index in [0.29, 0.717) is 11.4 Å². The quantitative estimate of drug-likeness (QED) is 0.876. The molecule has 1 aromatic rings. The Morgan fingerprint density at radius 1 is 1.17 bits per heavy atom. The molecule has 0 spiro atoms. The molecule has 1 aliphatic heterocycles. The summed E-state index contributed by atoms with van der Waals surface area (Å²) in [6.07, 6.45) is 0.958. The maximum atomic E-state index is 12.2. The molecule has 18 heavy (non-hydrogen) atoms. The first-order valence-electron chi connectivity index (χ1n) is 5.89. The monoisotopic (exact) mass is 268 g/mol. The topological polar surface area (TPSA) is 60.9 Å². The Morgan fingerprint density at radius 2 is 1.89 bits per heavy atom. The molecule has 0 unspecified atom stereocenters. The van der Waals surface area contributed by atoms with Gasteiger partial charge in [-0.25, -0.2) is 4.79 Å². The molecular weight excluding hydrogens is 252 g/mol. The van der Waals surface area contributed by atoms with E-state index in [1.807, 2.05) is 7.05 Å². The van der Waals surface area contributed by atoms with Gasteiger partial charge in [0.05, 0.1) is 4.88 Å². The number of rotatable bonds is 2. The van der Waals surface area contributed by atoms with Crippen LogP contribution in [0.15, 0.2) is 12.1 Å². The van der Waals surface area contributed by atoms with Crippen molar-refractivity contribution < 1.29 is 14.7 Å². The van der Waals surface area contributed by atoms with Gasteiger partial charge in [0.2, 0.25) is 0 Å². The molecule has 0 radical (unpaired) electrons. The largest absolute Gasteiger partial charge is 0.477 e. The molecule has 1 amide bonds. The summed E-state index contributed by atoms with van der Waals surface area (Å²) in [6, 6.07) is 3.09. The Balaban J connectivity index is 2.07. The fourth-order valence-corrected chi connectivity index (χ4v) is 2.79. The number of carboxylic acid groups (broad SMARTS) is 1. The van der Waals surface area contributed by atoms with E-state index >= 15 is 0 Å². The fraction of sp³-hybridized carbons (Fsp3) is 0.500. The van der Waals surface area contributed by atoms with Gasteiger partial charge in [0.1, 0.15) is 4.88 Å². The lowest BCUT2D eigenvalue weighted by Crippen LogP contribution is -2.34. The molecule has 0 aliphatic carbocycles. The predicted molar refractivity (Wildman–Crippen MR) is 69.3 cm³/mol. The van der Waals surface area contributed by atoms with Crippen LogP contribution in [0.4, 0.5) is 0 Å². The van der Waals surface area contributed by atoms with Crippen molar-refractivity contribution in [1.29, 1.82) is 0 Å². The summed E-state index contributed by atoms with van der Waals surface area (Å²) < 4.78 is 0. The highest BCUT2D eigenvalue weighted by Gasteiger charge is 2.21. The van der Waals surface area contributed by atoms with Gasteiger partial charge in [0.25, 0.3) is 5.91 Å². The second-order valence-corrected chi connectivity index (χ2v) is 5.50. The highest BCUT2D eigenvalue weighted by molar-refractivity contribution is 7.15. The lowest BCUT2D eigenvalue weighted by Gasteiger charge is -2.19. The van der Waals surface area contributed by atoms with Crippen LogP contribution in [-0.4, -0.2) is 60.0 Å². The number of carbonyl (C=O) groups excluding carboxylic acids is 1. The Hall–Kier alpha value is -1.40. The third-order valence-electron chi connectivity index (χ3n) is 3.03. The van der Waals surface area contributed by atoms with Gasteiger partial charge in [0, 0.05) is 19.6 Å². The first kappa shape index (κ1) is 13.0. The molecule has 0 atom stereocenters. The van der Waals surface area contributed by atoms with Crippen LogP contribution in [0, 0.1) is 0 Å². The normalized spacial score (nSPS) is 17.5.